The summed E-state index contributed by atoms with van der Waals surface area (Å²) in [6.07, 6.45) is 3.97. The molecule has 0 radical (unpaired) electrons. The zero-order valence-corrected chi connectivity index (χ0v) is 33.8. The van der Waals surface area contributed by atoms with E-state index in [0.29, 0.717) is 0 Å². The molecule has 0 bridgehead atoms. The van der Waals surface area contributed by atoms with Crippen molar-refractivity contribution in [2.24, 2.45) is 0 Å². The van der Waals surface area contributed by atoms with Crippen LogP contribution in [0.25, 0.3) is 82.5 Å². The summed E-state index contributed by atoms with van der Waals surface area (Å²) >= 11 is 0. The normalized spacial score (nSPS) is 13.5. The predicted molar refractivity (Wildman–Crippen MR) is 254 cm³/mol. The van der Waals surface area contributed by atoms with Crippen molar-refractivity contribution in [3.63, 3.8) is 0 Å². The minimum absolute atomic E-state index is 0.209. The van der Waals surface area contributed by atoms with E-state index in [-0.39, 0.29) is 5.41 Å². The van der Waals surface area contributed by atoms with Crippen molar-refractivity contribution in [3.8, 4) is 17.1 Å². The zero-order chi connectivity index (χ0) is 40.4. The smallest absolute Gasteiger partial charge is 0.0685 e. The third-order valence-electron chi connectivity index (χ3n) is 13.3. The van der Waals surface area contributed by atoms with Crippen molar-refractivity contribution in [2.45, 2.75) is 19.3 Å². The molecule has 8 aromatic carbocycles. The number of pyridine rings is 1. The van der Waals surface area contributed by atoms with Crippen LogP contribution in [0.1, 0.15) is 25.0 Å². The monoisotopic (exact) mass is 781 g/mol. The van der Waals surface area contributed by atoms with E-state index >= 15 is 0 Å². The summed E-state index contributed by atoms with van der Waals surface area (Å²) < 4.78 is 7.32. The van der Waals surface area contributed by atoms with Gasteiger partial charge < -0.3 is 18.6 Å². The predicted octanol–water partition coefficient (Wildman–Crippen LogP) is 14.5. The second-order valence-electron chi connectivity index (χ2n) is 16.9. The topological polar surface area (TPSA) is 30.9 Å². The molecule has 0 N–H and O–H groups in total. The van der Waals surface area contributed by atoms with Gasteiger partial charge in [0.15, 0.2) is 0 Å². The lowest BCUT2D eigenvalue weighted by molar-refractivity contribution is 0.630. The summed E-state index contributed by atoms with van der Waals surface area (Å²) in [5.41, 5.74) is 16.0. The zero-order valence-electron chi connectivity index (χ0n) is 33.8. The molecule has 288 valence electrons. The second-order valence-corrected chi connectivity index (χ2v) is 16.9. The fourth-order valence-corrected chi connectivity index (χ4v) is 10.6. The molecule has 61 heavy (non-hydrogen) atoms. The van der Waals surface area contributed by atoms with Crippen molar-refractivity contribution in [3.05, 3.63) is 212 Å². The quantitative estimate of drug-likeness (QED) is 0.178. The van der Waals surface area contributed by atoms with Crippen LogP contribution in [0.15, 0.2) is 200 Å². The fourth-order valence-electron chi connectivity index (χ4n) is 10.6. The average molecular weight is 782 g/mol. The molecule has 0 atom stereocenters. The van der Waals surface area contributed by atoms with Crippen LogP contribution in [-0.2, 0) is 5.41 Å². The molecule has 12 aromatic rings. The molecular formula is C56H39N5. The highest BCUT2D eigenvalue weighted by atomic mass is 15.2. The van der Waals surface area contributed by atoms with Crippen LogP contribution < -0.4 is 4.90 Å². The Bertz CT molecular complexity index is 3610. The van der Waals surface area contributed by atoms with E-state index in [2.05, 4.69) is 221 Å². The molecule has 4 aromatic heterocycles. The van der Waals surface area contributed by atoms with Crippen molar-refractivity contribution in [2.75, 3.05) is 4.90 Å². The number of para-hydroxylation sites is 6. The van der Waals surface area contributed by atoms with Gasteiger partial charge in [0.2, 0.25) is 0 Å². The van der Waals surface area contributed by atoms with Crippen LogP contribution in [0.3, 0.4) is 0 Å². The first-order valence-electron chi connectivity index (χ1n) is 21.0. The summed E-state index contributed by atoms with van der Waals surface area (Å²) in [7, 11) is 0. The largest absolute Gasteiger partial charge is 0.309 e. The Morgan fingerprint density at radius 3 is 1.30 bits per heavy atom. The summed E-state index contributed by atoms with van der Waals surface area (Å²) in [6.45, 7) is 4.65. The van der Waals surface area contributed by atoms with Gasteiger partial charge in [-0.25, -0.2) is 0 Å². The lowest BCUT2D eigenvalue weighted by Crippen LogP contribution is -2.30. The molecule has 5 heteroatoms. The molecule has 0 spiro atoms. The summed E-state index contributed by atoms with van der Waals surface area (Å²) in [6, 6.07) is 69.1. The molecule has 0 aliphatic carbocycles. The summed E-state index contributed by atoms with van der Waals surface area (Å²) in [5, 5.41) is 7.41. The van der Waals surface area contributed by atoms with Gasteiger partial charge in [0.05, 0.1) is 67.7 Å². The summed E-state index contributed by atoms with van der Waals surface area (Å²) in [4.78, 5) is 7.16. The maximum Gasteiger partial charge on any atom is 0.0685 e. The number of benzene rings is 8. The van der Waals surface area contributed by atoms with Gasteiger partial charge in [-0.3, -0.25) is 4.98 Å². The Balaban J connectivity index is 1.12. The highest BCUT2D eigenvalue weighted by molar-refractivity contribution is 6.13. The Morgan fingerprint density at radius 2 is 0.754 bits per heavy atom. The molecule has 1 aliphatic rings. The standard InChI is InChI=1S/C56H39N5/c1-56(2)46-20-8-14-26-54(46)61(55-35-57-30-29-47(55)56)39-32-37(59-50-23-11-5-17-42(50)43-18-6-12-24-51(43)59)31-38(33-39)60-52-25-13-7-19-44(52)45-34-36(27-28-53(45)60)58-48-21-9-3-15-40(48)41-16-4-10-22-49(41)58/h3-35H,1-2H3. The Kier molecular flexibility index (Phi) is 7.00. The first kappa shape index (κ1) is 34.0. The molecule has 0 fully saturated rings. The number of aromatic nitrogens is 4. The first-order chi connectivity index (χ1) is 30.0. The van der Waals surface area contributed by atoms with E-state index in [9.17, 15) is 0 Å². The average Bonchev–Trinajstić information content (AvgIpc) is 3.95. The van der Waals surface area contributed by atoms with Crippen LogP contribution in [0.4, 0.5) is 17.1 Å². The van der Waals surface area contributed by atoms with Gasteiger partial charge in [-0.1, -0.05) is 123 Å². The lowest BCUT2D eigenvalue weighted by Gasteiger charge is -2.41. The number of hydrogen-bond acceptors (Lipinski definition) is 2. The molecule has 13 rings (SSSR count). The van der Waals surface area contributed by atoms with Gasteiger partial charge in [0.1, 0.15) is 0 Å². The Morgan fingerprint density at radius 1 is 0.344 bits per heavy atom. The van der Waals surface area contributed by atoms with Crippen molar-refractivity contribution in [1.29, 1.82) is 0 Å². The van der Waals surface area contributed by atoms with Gasteiger partial charge in [0.25, 0.3) is 0 Å². The van der Waals surface area contributed by atoms with Crippen molar-refractivity contribution >= 4 is 82.5 Å². The third-order valence-corrected chi connectivity index (χ3v) is 13.3. The number of fused-ring (bicyclic) bond motifs is 11. The van der Waals surface area contributed by atoms with Gasteiger partial charge >= 0.3 is 0 Å². The van der Waals surface area contributed by atoms with Crippen LogP contribution >= 0.6 is 0 Å². The molecule has 5 nitrogen and oxygen atoms in total. The van der Waals surface area contributed by atoms with E-state index in [1.54, 1.807) is 0 Å². The van der Waals surface area contributed by atoms with E-state index < -0.39 is 0 Å². The van der Waals surface area contributed by atoms with E-state index in [4.69, 9.17) is 4.98 Å². The minimum Gasteiger partial charge on any atom is -0.309 e. The molecule has 5 heterocycles. The van der Waals surface area contributed by atoms with E-state index in [0.717, 1.165) is 45.2 Å². The number of rotatable bonds is 4. The highest BCUT2D eigenvalue weighted by Gasteiger charge is 2.37. The van der Waals surface area contributed by atoms with Crippen molar-refractivity contribution < 1.29 is 0 Å². The second kappa shape index (κ2) is 12.6. The SMILES string of the molecule is CC1(C)c2ccccc2N(c2cc(-n3c4ccccc4c4ccccc43)cc(-n3c4ccccc4c4cc(-n5c6ccccc6c6ccccc65)ccc43)c2)c2cnccc21. The molecule has 0 saturated carbocycles. The van der Waals surface area contributed by atoms with E-state index in [1.807, 2.05) is 12.4 Å². The van der Waals surface area contributed by atoms with Crippen LogP contribution in [-0.4, -0.2) is 18.7 Å². The molecular weight excluding hydrogens is 743 g/mol. The highest BCUT2D eigenvalue weighted by Crippen LogP contribution is 2.52. The molecule has 0 amide bonds. The minimum atomic E-state index is -0.209. The molecule has 1 aliphatic heterocycles. The first-order valence-corrected chi connectivity index (χ1v) is 21.0. The van der Waals surface area contributed by atoms with Crippen LogP contribution in [0, 0.1) is 0 Å². The summed E-state index contributed by atoms with van der Waals surface area (Å²) in [5.74, 6) is 0. The molecule has 0 saturated heterocycles. The van der Waals surface area contributed by atoms with E-state index in [1.165, 1.54) is 65.5 Å². The van der Waals surface area contributed by atoms with Crippen LogP contribution in [0.2, 0.25) is 0 Å². The Hall–Kier alpha value is -7.89. The van der Waals surface area contributed by atoms with Gasteiger partial charge in [-0.05, 0) is 90.0 Å². The lowest BCUT2D eigenvalue weighted by atomic mass is 9.74. The third kappa shape index (κ3) is 4.74. The van der Waals surface area contributed by atoms with Gasteiger partial charge in [0, 0.05) is 49.6 Å². The van der Waals surface area contributed by atoms with Crippen LogP contribution in [0.5, 0.6) is 0 Å². The van der Waals surface area contributed by atoms with Crippen molar-refractivity contribution in [1.82, 2.24) is 18.7 Å². The number of hydrogen-bond donors (Lipinski definition) is 0. The molecule has 0 unspecified atom stereocenters. The number of anilines is 3. The fraction of sp³-hybridized carbons (Fsp3) is 0.0536. The Labute approximate surface area is 352 Å². The van der Waals surface area contributed by atoms with Gasteiger partial charge in [-0.2, -0.15) is 0 Å². The number of nitrogens with zero attached hydrogens (tertiary/aromatic N) is 5. The maximum atomic E-state index is 4.73. The van der Waals surface area contributed by atoms with Gasteiger partial charge in [-0.15, -0.1) is 0 Å². The maximum absolute atomic E-state index is 4.73.